The van der Waals surface area contributed by atoms with Gasteiger partial charge in [-0.1, -0.05) is 29.8 Å². The van der Waals surface area contributed by atoms with Crippen LogP contribution in [0.25, 0.3) is 10.9 Å². The highest BCUT2D eigenvalue weighted by Gasteiger charge is 2.30. The highest BCUT2D eigenvalue weighted by atomic mass is 19.1. The van der Waals surface area contributed by atoms with Gasteiger partial charge >= 0.3 is 0 Å². The topological polar surface area (TPSA) is 72.4 Å². The number of carbonyl (C=O) groups is 2. The Labute approximate surface area is 215 Å². The number of nitrogens with one attached hydrogen (secondary N) is 2. The SMILES string of the molecule is Cc1cccc(Cn2c(C(=O)NCC3(C)CCCO3)cc3cc(NC(=O)c4ccc(F)cc4)ccc32)c1. The number of hydrogen-bond donors (Lipinski definition) is 2. The first kappa shape index (κ1) is 24.7. The van der Waals surface area contributed by atoms with Gasteiger partial charge in [0.05, 0.1) is 5.60 Å². The van der Waals surface area contributed by atoms with Crippen LogP contribution in [0.3, 0.4) is 0 Å². The molecule has 0 saturated carbocycles. The molecule has 2 amide bonds. The molecule has 0 bridgehead atoms. The Bertz CT molecular complexity index is 1450. The number of ether oxygens (including phenoxy) is 1. The van der Waals surface area contributed by atoms with Gasteiger partial charge in [0.15, 0.2) is 0 Å². The summed E-state index contributed by atoms with van der Waals surface area (Å²) in [5, 5.41) is 6.76. The summed E-state index contributed by atoms with van der Waals surface area (Å²) >= 11 is 0. The van der Waals surface area contributed by atoms with Gasteiger partial charge in [0.1, 0.15) is 11.5 Å². The molecule has 0 spiro atoms. The zero-order valence-electron chi connectivity index (χ0n) is 21.0. The van der Waals surface area contributed by atoms with Gasteiger partial charge in [-0.3, -0.25) is 9.59 Å². The molecule has 2 N–H and O–H groups in total. The summed E-state index contributed by atoms with van der Waals surface area (Å²) in [6.45, 7) is 5.76. The van der Waals surface area contributed by atoms with Crippen LogP contribution in [0.4, 0.5) is 10.1 Å². The van der Waals surface area contributed by atoms with Gasteiger partial charge in [-0.05, 0) is 80.8 Å². The summed E-state index contributed by atoms with van der Waals surface area (Å²) in [5.74, 6) is -0.897. The number of hydrogen-bond acceptors (Lipinski definition) is 3. The van der Waals surface area contributed by atoms with Crippen LogP contribution in [0.5, 0.6) is 0 Å². The lowest BCUT2D eigenvalue weighted by molar-refractivity contribution is 0.0205. The van der Waals surface area contributed by atoms with Crippen LogP contribution in [0.2, 0.25) is 0 Å². The molecule has 1 aliphatic rings. The molecule has 1 aromatic heterocycles. The van der Waals surface area contributed by atoms with Crippen molar-refractivity contribution in [3.05, 3.63) is 101 Å². The summed E-state index contributed by atoms with van der Waals surface area (Å²) in [6, 6.07) is 21.0. The Hall–Kier alpha value is -3.97. The molecule has 3 aromatic carbocycles. The van der Waals surface area contributed by atoms with E-state index in [-0.39, 0.29) is 17.4 Å². The first-order valence-electron chi connectivity index (χ1n) is 12.5. The maximum absolute atomic E-state index is 13.4. The first-order valence-corrected chi connectivity index (χ1v) is 12.5. The van der Waals surface area contributed by atoms with Crippen LogP contribution < -0.4 is 10.6 Å². The van der Waals surface area contributed by atoms with E-state index in [1.165, 1.54) is 24.3 Å². The number of rotatable bonds is 7. The van der Waals surface area contributed by atoms with Crippen LogP contribution in [0, 0.1) is 12.7 Å². The van der Waals surface area contributed by atoms with E-state index in [4.69, 9.17) is 4.74 Å². The minimum Gasteiger partial charge on any atom is -0.373 e. The number of amides is 2. The Morgan fingerprint density at radius 1 is 1.03 bits per heavy atom. The smallest absolute Gasteiger partial charge is 0.268 e. The molecule has 0 aliphatic carbocycles. The molecule has 190 valence electrons. The Kier molecular flexibility index (Phi) is 6.80. The summed E-state index contributed by atoms with van der Waals surface area (Å²) in [5.41, 5.74) is 4.27. The molecule has 4 aromatic rings. The normalized spacial score (nSPS) is 17.2. The molecule has 6 nitrogen and oxygen atoms in total. The molecule has 2 heterocycles. The molecule has 1 saturated heterocycles. The van der Waals surface area contributed by atoms with Gasteiger partial charge in [0.2, 0.25) is 0 Å². The highest BCUT2D eigenvalue weighted by Crippen LogP contribution is 2.27. The van der Waals surface area contributed by atoms with Crippen molar-refractivity contribution in [3.63, 3.8) is 0 Å². The van der Waals surface area contributed by atoms with E-state index in [1.54, 1.807) is 0 Å². The molecular formula is C30H30FN3O3. The van der Waals surface area contributed by atoms with Crippen LogP contribution in [0.1, 0.15) is 51.7 Å². The van der Waals surface area contributed by atoms with E-state index in [0.29, 0.717) is 36.6 Å². The van der Waals surface area contributed by atoms with Crippen molar-refractivity contribution in [2.75, 3.05) is 18.5 Å². The molecule has 1 atom stereocenters. The number of benzene rings is 3. The largest absolute Gasteiger partial charge is 0.373 e. The molecular weight excluding hydrogens is 469 g/mol. The van der Waals surface area contributed by atoms with Gasteiger partial charge in [0.25, 0.3) is 11.8 Å². The van der Waals surface area contributed by atoms with Gasteiger partial charge in [-0.25, -0.2) is 4.39 Å². The summed E-state index contributed by atoms with van der Waals surface area (Å²) in [6.07, 6.45) is 1.91. The first-order chi connectivity index (χ1) is 17.8. The van der Waals surface area contributed by atoms with E-state index >= 15 is 0 Å². The fourth-order valence-electron chi connectivity index (χ4n) is 4.84. The van der Waals surface area contributed by atoms with Gasteiger partial charge in [0, 0.05) is 41.9 Å². The highest BCUT2D eigenvalue weighted by molar-refractivity contribution is 6.06. The van der Waals surface area contributed by atoms with Gasteiger partial charge in [-0.2, -0.15) is 0 Å². The molecule has 1 aliphatic heterocycles. The molecule has 1 fully saturated rings. The summed E-state index contributed by atoms with van der Waals surface area (Å²) < 4.78 is 21.1. The van der Waals surface area contributed by atoms with Crippen molar-refractivity contribution < 1.29 is 18.7 Å². The van der Waals surface area contributed by atoms with Crippen LogP contribution in [0.15, 0.2) is 72.8 Å². The fourth-order valence-corrected chi connectivity index (χ4v) is 4.84. The van der Waals surface area contributed by atoms with Crippen LogP contribution in [-0.2, 0) is 11.3 Å². The van der Waals surface area contributed by atoms with E-state index in [0.717, 1.165) is 34.9 Å². The standard InChI is InChI=1S/C30H30FN3O3/c1-20-5-3-6-21(15-20)18-34-26-12-11-25(33-28(35)22-7-9-24(31)10-8-22)16-23(26)17-27(34)29(36)32-19-30(2)13-4-14-37-30/h3,5-12,15-17H,4,13-14,18-19H2,1-2H3,(H,32,36)(H,33,35). The predicted octanol–water partition coefficient (Wildman–Crippen LogP) is 5.69. The number of carbonyl (C=O) groups excluding carboxylic acids is 2. The maximum Gasteiger partial charge on any atom is 0.268 e. The van der Waals surface area contributed by atoms with E-state index < -0.39 is 5.82 Å². The Morgan fingerprint density at radius 3 is 2.57 bits per heavy atom. The van der Waals surface area contributed by atoms with Crippen LogP contribution in [-0.4, -0.2) is 35.1 Å². The van der Waals surface area contributed by atoms with Gasteiger partial charge < -0.3 is 19.9 Å². The number of fused-ring (bicyclic) bond motifs is 1. The molecule has 37 heavy (non-hydrogen) atoms. The van der Waals surface area contributed by atoms with Crippen molar-refractivity contribution in [3.8, 4) is 0 Å². The zero-order chi connectivity index (χ0) is 26.0. The van der Waals surface area contributed by atoms with Crippen LogP contribution >= 0.6 is 0 Å². The number of halogens is 1. The average Bonchev–Trinajstić information content (AvgIpc) is 3.47. The second-order valence-corrected chi connectivity index (χ2v) is 9.92. The van der Waals surface area contributed by atoms with Crippen molar-refractivity contribution in [2.24, 2.45) is 0 Å². The van der Waals surface area contributed by atoms with Crippen molar-refractivity contribution in [2.45, 2.75) is 38.8 Å². The number of aryl methyl sites for hydroxylation is 1. The summed E-state index contributed by atoms with van der Waals surface area (Å²) in [4.78, 5) is 26.0. The van der Waals surface area contributed by atoms with E-state index in [1.807, 2.05) is 60.9 Å². The van der Waals surface area contributed by atoms with Crippen molar-refractivity contribution in [1.29, 1.82) is 0 Å². The number of aromatic nitrogens is 1. The Morgan fingerprint density at radius 2 is 1.84 bits per heavy atom. The number of anilines is 1. The molecule has 5 rings (SSSR count). The average molecular weight is 500 g/mol. The lowest BCUT2D eigenvalue weighted by Crippen LogP contribution is -2.40. The predicted molar refractivity (Wildman–Crippen MR) is 142 cm³/mol. The lowest BCUT2D eigenvalue weighted by Gasteiger charge is -2.23. The van der Waals surface area contributed by atoms with Gasteiger partial charge in [-0.15, -0.1) is 0 Å². The third kappa shape index (κ3) is 5.57. The monoisotopic (exact) mass is 499 g/mol. The number of nitrogens with zero attached hydrogens (tertiary/aromatic N) is 1. The van der Waals surface area contributed by atoms with Crippen molar-refractivity contribution in [1.82, 2.24) is 9.88 Å². The quantitative estimate of drug-likeness (QED) is 0.343. The lowest BCUT2D eigenvalue weighted by atomic mass is 10.0. The van der Waals surface area contributed by atoms with E-state index in [9.17, 15) is 14.0 Å². The van der Waals surface area contributed by atoms with E-state index in [2.05, 4.69) is 16.7 Å². The third-order valence-electron chi connectivity index (χ3n) is 6.84. The molecule has 1 unspecified atom stereocenters. The van der Waals surface area contributed by atoms with Crippen molar-refractivity contribution >= 4 is 28.4 Å². The molecule has 7 heteroatoms. The Balaban J connectivity index is 1.45. The minimum absolute atomic E-state index is 0.169. The minimum atomic E-state index is -0.396. The second-order valence-electron chi connectivity index (χ2n) is 9.92. The maximum atomic E-state index is 13.4. The fraction of sp³-hybridized carbons (Fsp3) is 0.267. The third-order valence-corrected chi connectivity index (χ3v) is 6.84. The molecule has 0 radical (unpaired) electrons. The zero-order valence-corrected chi connectivity index (χ0v) is 21.0. The summed E-state index contributed by atoms with van der Waals surface area (Å²) in [7, 11) is 0. The second kappa shape index (κ2) is 10.2.